The number of unbranched alkanes of at least 4 members (excludes halogenated alkanes) is 1. The Kier molecular flexibility index (Phi) is 5.63. The van der Waals surface area contributed by atoms with E-state index in [4.69, 9.17) is 4.74 Å². The van der Waals surface area contributed by atoms with Crippen molar-refractivity contribution in [3.05, 3.63) is 16.8 Å². The van der Waals surface area contributed by atoms with E-state index in [9.17, 15) is 4.79 Å². The molecule has 0 amide bonds. The van der Waals surface area contributed by atoms with Crippen molar-refractivity contribution in [1.82, 2.24) is 14.9 Å². The molecular formula is C17H24N4O2S. The number of carbonyl (C=O) groups excluding carboxylic acids is 1. The molecule has 7 heteroatoms. The van der Waals surface area contributed by atoms with Crippen molar-refractivity contribution in [3.8, 4) is 0 Å². The number of methoxy groups -OCH3 is 1. The largest absolute Gasteiger partial charge is 0.465 e. The minimum atomic E-state index is -0.313. The molecule has 0 aromatic carbocycles. The predicted molar refractivity (Wildman–Crippen MR) is 96.9 cm³/mol. The van der Waals surface area contributed by atoms with Crippen molar-refractivity contribution in [2.45, 2.75) is 32.6 Å². The van der Waals surface area contributed by atoms with Gasteiger partial charge in [-0.15, -0.1) is 11.3 Å². The summed E-state index contributed by atoms with van der Waals surface area (Å²) in [4.78, 5) is 24.5. The number of aromatic nitrogens is 2. The Morgan fingerprint density at radius 3 is 2.88 bits per heavy atom. The summed E-state index contributed by atoms with van der Waals surface area (Å²) in [6.45, 7) is 6.50. The van der Waals surface area contributed by atoms with E-state index in [-0.39, 0.29) is 5.97 Å². The van der Waals surface area contributed by atoms with E-state index in [0.717, 1.165) is 34.6 Å². The molecule has 0 spiro atoms. The number of aryl methyl sites for hydroxylation is 1. The molecule has 1 aliphatic rings. The van der Waals surface area contributed by atoms with Gasteiger partial charge in [0.15, 0.2) is 0 Å². The lowest BCUT2D eigenvalue weighted by atomic mass is 10.2. The number of ether oxygens (including phenoxy) is 1. The number of rotatable bonds is 7. The third kappa shape index (κ3) is 3.67. The third-order valence-electron chi connectivity index (χ3n) is 4.49. The van der Waals surface area contributed by atoms with Gasteiger partial charge in [0.05, 0.1) is 12.5 Å². The van der Waals surface area contributed by atoms with Crippen LogP contribution in [0, 0.1) is 6.92 Å². The maximum Gasteiger partial charge on any atom is 0.348 e. The van der Waals surface area contributed by atoms with Crippen molar-refractivity contribution in [2.75, 3.05) is 38.6 Å². The average Bonchev–Trinajstić information content (AvgIpc) is 3.22. The van der Waals surface area contributed by atoms with Crippen LogP contribution in [-0.4, -0.2) is 54.1 Å². The fourth-order valence-electron chi connectivity index (χ4n) is 3.17. The zero-order chi connectivity index (χ0) is 16.9. The van der Waals surface area contributed by atoms with Crippen molar-refractivity contribution < 1.29 is 9.53 Å². The SMILES string of the molecule is COC(=O)c1sc2ncnc(NCCCCN3CCCC3)c2c1C. The van der Waals surface area contributed by atoms with Crippen LogP contribution in [0.25, 0.3) is 10.2 Å². The minimum Gasteiger partial charge on any atom is -0.465 e. The normalized spacial score (nSPS) is 15.1. The molecule has 1 fully saturated rings. The van der Waals surface area contributed by atoms with E-state index in [0.29, 0.717) is 4.88 Å². The third-order valence-corrected chi connectivity index (χ3v) is 5.67. The zero-order valence-electron chi connectivity index (χ0n) is 14.3. The fraction of sp³-hybridized carbons (Fsp3) is 0.588. The van der Waals surface area contributed by atoms with E-state index in [1.165, 1.54) is 57.3 Å². The number of carbonyl (C=O) groups is 1. The summed E-state index contributed by atoms with van der Waals surface area (Å²) in [5.74, 6) is 0.497. The molecule has 1 aliphatic heterocycles. The highest BCUT2D eigenvalue weighted by Gasteiger charge is 2.19. The van der Waals surface area contributed by atoms with Gasteiger partial charge in [-0.2, -0.15) is 0 Å². The highest BCUT2D eigenvalue weighted by atomic mass is 32.1. The van der Waals surface area contributed by atoms with Gasteiger partial charge in [0.25, 0.3) is 0 Å². The topological polar surface area (TPSA) is 67.3 Å². The molecule has 1 N–H and O–H groups in total. The summed E-state index contributed by atoms with van der Waals surface area (Å²) in [6, 6.07) is 0. The summed E-state index contributed by atoms with van der Waals surface area (Å²) in [5, 5.41) is 4.34. The summed E-state index contributed by atoms with van der Waals surface area (Å²) in [6.07, 6.45) is 6.53. The number of hydrogen-bond acceptors (Lipinski definition) is 7. The van der Waals surface area contributed by atoms with Crippen molar-refractivity contribution in [1.29, 1.82) is 0 Å². The molecular weight excluding hydrogens is 324 g/mol. The second kappa shape index (κ2) is 7.90. The maximum absolute atomic E-state index is 11.9. The Morgan fingerprint density at radius 2 is 2.12 bits per heavy atom. The Morgan fingerprint density at radius 1 is 1.33 bits per heavy atom. The van der Waals surface area contributed by atoms with Crippen LogP contribution in [0.5, 0.6) is 0 Å². The van der Waals surface area contributed by atoms with E-state index < -0.39 is 0 Å². The number of thiophene rings is 1. The van der Waals surface area contributed by atoms with Crippen LogP contribution >= 0.6 is 11.3 Å². The van der Waals surface area contributed by atoms with Gasteiger partial charge in [-0.3, -0.25) is 0 Å². The molecule has 0 atom stereocenters. The predicted octanol–water partition coefficient (Wildman–Crippen LogP) is 3.07. The second-order valence-electron chi connectivity index (χ2n) is 6.13. The number of hydrogen-bond donors (Lipinski definition) is 1. The molecule has 3 rings (SSSR count). The Labute approximate surface area is 146 Å². The van der Waals surface area contributed by atoms with Crippen LogP contribution in [0.1, 0.15) is 40.9 Å². The van der Waals surface area contributed by atoms with Crippen LogP contribution in [0.3, 0.4) is 0 Å². The van der Waals surface area contributed by atoms with Crippen LogP contribution in [0.4, 0.5) is 5.82 Å². The summed E-state index contributed by atoms with van der Waals surface area (Å²) in [7, 11) is 1.40. The molecule has 1 saturated heterocycles. The van der Waals surface area contributed by atoms with E-state index in [1.54, 1.807) is 6.33 Å². The fourth-order valence-corrected chi connectivity index (χ4v) is 4.23. The van der Waals surface area contributed by atoms with Gasteiger partial charge in [0.2, 0.25) is 0 Å². The summed E-state index contributed by atoms with van der Waals surface area (Å²) in [5.41, 5.74) is 0.891. The smallest absolute Gasteiger partial charge is 0.348 e. The number of nitrogens with one attached hydrogen (secondary N) is 1. The van der Waals surface area contributed by atoms with Gasteiger partial charge in [-0.05, 0) is 57.8 Å². The van der Waals surface area contributed by atoms with Crippen molar-refractivity contribution in [2.24, 2.45) is 0 Å². The Hall–Kier alpha value is -1.73. The molecule has 130 valence electrons. The van der Waals surface area contributed by atoms with Gasteiger partial charge in [0.1, 0.15) is 21.9 Å². The van der Waals surface area contributed by atoms with Gasteiger partial charge < -0.3 is 15.0 Å². The Balaban J connectivity index is 1.61. The van der Waals surface area contributed by atoms with Gasteiger partial charge in [-0.25, -0.2) is 14.8 Å². The first-order valence-electron chi connectivity index (χ1n) is 8.49. The Bertz CT molecular complexity index is 710. The van der Waals surface area contributed by atoms with Crippen LogP contribution in [-0.2, 0) is 4.74 Å². The van der Waals surface area contributed by atoms with Gasteiger partial charge in [-0.1, -0.05) is 0 Å². The second-order valence-corrected chi connectivity index (χ2v) is 7.13. The first kappa shape index (κ1) is 17.1. The van der Waals surface area contributed by atoms with Crippen molar-refractivity contribution in [3.63, 3.8) is 0 Å². The highest BCUT2D eigenvalue weighted by molar-refractivity contribution is 7.20. The number of nitrogens with zero attached hydrogens (tertiary/aromatic N) is 3. The number of anilines is 1. The number of fused-ring (bicyclic) bond motifs is 1. The van der Waals surface area contributed by atoms with E-state index in [1.807, 2.05) is 6.92 Å². The lowest BCUT2D eigenvalue weighted by molar-refractivity contribution is 0.0605. The number of esters is 1. The molecule has 2 aromatic rings. The minimum absolute atomic E-state index is 0.313. The monoisotopic (exact) mass is 348 g/mol. The van der Waals surface area contributed by atoms with E-state index in [2.05, 4.69) is 20.2 Å². The molecule has 0 aliphatic carbocycles. The molecule has 0 saturated carbocycles. The highest BCUT2D eigenvalue weighted by Crippen LogP contribution is 2.33. The zero-order valence-corrected chi connectivity index (χ0v) is 15.1. The molecule has 24 heavy (non-hydrogen) atoms. The first-order valence-corrected chi connectivity index (χ1v) is 9.31. The molecule has 0 radical (unpaired) electrons. The van der Waals surface area contributed by atoms with Gasteiger partial charge >= 0.3 is 5.97 Å². The van der Waals surface area contributed by atoms with E-state index >= 15 is 0 Å². The standard InChI is InChI=1S/C17H24N4O2S/c1-12-13-15(18-7-3-4-8-21-9-5-6-10-21)19-11-20-16(13)24-14(12)17(22)23-2/h11H,3-10H2,1-2H3,(H,18,19,20). The first-order chi connectivity index (χ1) is 11.7. The van der Waals surface area contributed by atoms with Crippen LogP contribution < -0.4 is 5.32 Å². The summed E-state index contributed by atoms with van der Waals surface area (Å²) >= 11 is 1.36. The molecule has 0 unspecified atom stereocenters. The molecule has 0 bridgehead atoms. The van der Waals surface area contributed by atoms with Crippen LogP contribution in [0.2, 0.25) is 0 Å². The lowest BCUT2D eigenvalue weighted by Crippen LogP contribution is -2.20. The molecule has 2 aromatic heterocycles. The summed E-state index contributed by atoms with van der Waals surface area (Å²) < 4.78 is 4.85. The average molecular weight is 348 g/mol. The lowest BCUT2D eigenvalue weighted by Gasteiger charge is -2.14. The number of likely N-dealkylation sites (tertiary alicyclic amines) is 1. The molecule has 6 nitrogen and oxygen atoms in total. The van der Waals surface area contributed by atoms with Gasteiger partial charge in [0, 0.05) is 6.54 Å². The van der Waals surface area contributed by atoms with Crippen LogP contribution in [0.15, 0.2) is 6.33 Å². The maximum atomic E-state index is 11.9. The quantitative estimate of drug-likeness (QED) is 0.613. The molecule has 3 heterocycles. The van der Waals surface area contributed by atoms with Crippen molar-refractivity contribution >= 4 is 33.3 Å².